The van der Waals surface area contributed by atoms with E-state index in [4.69, 9.17) is 4.42 Å². The van der Waals surface area contributed by atoms with Crippen LogP contribution in [0.25, 0.3) is 98.8 Å². The maximum atomic E-state index is 6.73. The molecule has 0 atom stereocenters. The molecule has 3 aromatic heterocycles. The molecule has 0 bridgehead atoms. The summed E-state index contributed by atoms with van der Waals surface area (Å²) >= 11 is 0. The number of aromatic nitrogens is 2. The van der Waals surface area contributed by atoms with Gasteiger partial charge in [0.05, 0.1) is 22.1 Å². The zero-order valence-electron chi connectivity index (χ0n) is 33.6. The van der Waals surface area contributed by atoms with Gasteiger partial charge in [0.25, 0.3) is 0 Å². The Kier molecular flexibility index (Phi) is 7.57. The first-order chi connectivity index (χ1) is 30.7. The molecule has 290 valence electrons. The Hall–Kier alpha value is -8.34. The number of hydrogen-bond acceptors (Lipinski definition) is 2. The second-order valence-electron chi connectivity index (χ2n) is 16.1. The summed E-state index contributed by atoms with van der Waals surface area (Å²) in [5, 5.41) is 9.59. The van der Waals surface area contributed by atoms with E-state index in [1.807, 2.05) is 0 Å². The highest BCUT2D eigenvalue weighted by Crippen LogP contribution is 2.43. The van der Waals surface area contributed by atoms with Crippen LogP contribution in [0.15, 0.2) is 229 Å². The fourth-order valence-corrected chi connectivity index (χ4v) is 9.90. The monoisotopic (exact) mass is 791 g/mol. The van der Waals surface area contributed by atoms with Gasteiger partial charge >= 0.3 is 0 Å². The molecule has 4 nitrogen and oxygen atoms in total. The van der Waals surface area contributed by atoms with Crippen LogP contribution >= 0.6 is 0 Å². The first-order valence-electron chi connectivity index (χ1n) is 21.2. The van der Waals surface area contributed by atoms with Crippen molar-refractivity contribution in [2.24, 2.45) is 0 Å². The fraction of sp³-hybridized carbons (Fsp3) is 0. The van der Waals surface area contributed by atoms with Crippen LogP contribution in [-0.2, 0) is 0 Å². The Morgan fingerprint density at radius 3 is 1.56 bits per heavy atom. The summed E-state index contributed by atoms with van der Waals surface area (Å²) in [6, 6.07) is 80.9. The molecule has 0 aliphatic rings. The summed E-state index contributed by atoms with van der Waals surface area (Å²) in [4.78, 5) is 2.36. The molecule has 0 N–H and O–H groups in total. The summed E-state index contributed by atoms with van der Waals surface area (Å²) in [5.41, 5.74) is 14.2. The van der Waals surface area contributed by atoms with Gasteiger partial charge in [-0.3, -0.25) is 0 Å². The molecule has 62 heavy (non-hydrogen) atoms. The van der Waals surface area contributed by atoms with Gasteiger partial charge in [0.15, 0.2) is 0 Å². The first-order valence-corrected chi connectivity index (χ1v) is 21.2. The number of furan rings is 1. The first kappa shape index (κ1) is 34.5. The van der Waals surface area contributed by atoms with Gasteiger partial charge < -0.3 is 18.5 Å². The van der Waals surface area contributed by atoms with E-state index in [9.17, 15) is 0 Å². The lowest BCUT2D eigenvalue weighted by molar-refractivity contribution is 0.669. The Morgan fingerprint density at radius 1 is 0.306 bits per heavy atom. The molecule has 0 saturated heterocycles. The zero-order chi connectivity index (χ0) is 40.7. The number of hydrogen-bond donors (Lipinski definition) is 0. The summed E-state index contributed by atoms with van der Waals surface area (Å²) < 4.78 is 11.5. The van der Waals surface area contributed by atoms with Crippen molar-refractivity contribution < 1.29 is 4.42 Å². The van der Waals surface area contributed by atoms with Crippen LogP contribution in [0.4, 0.5) is 17.1 Å². The van der Waals surface area contributed by atoms with Crippen molar-refractivity contribution >= 4 is 93.4 Å². The predicted octanol–water partition coefficient (Wildman–Crippen LogP) is 16.1. The van der Waals surface area contributed by atoms with Gasteiger partial charge in [-0.15, -0.1) is 0 Å². The van der Waals surface area contributed by atoms with E-state index < -0.39 is 0 Å². The van der Waals surface area contributed by atoms with Gasteiger partial charge in [-0.2, -0.15) is 0 Å². The molecule has 0 radical (unpaired) electrons. The smallest absolute Gasteiger partial charge is 0.137 e. The Morgan fingerprint density at radius 2 is 0.855 bits per heavy atom. The predicted molar refractivity (Wildman–Crippen MR) is 260 cm³/mol. The topological polar surface area (TPSA) is 26.2 Å². The summed E-state index contributed by atoms with van der Waals surface area (Å²) in [7, 11) is 0. The van der Waals surface area contributed by atoms with Crippen molar-refractivity contribution in [1.29, 1.82) is 0 Å². The molecule has 0 amide bonds. The van der Waals surface area contributed by atoms with Crippen LogP contribution in [0.5, 0.6) is 0 Å². The molecule has 0 fully saturated rings. The molecule has 3 heterocycles. The average molecular weight is 792 g/mol. The Labute approximate surface area is 357 Å². The van der Waals surface area contributed by atoms with Crippen LogP contribution in [0.2, 0.25) is 0 Å². The van der Waals surface area contributed by atoms with Crippen molar-refractivity contribution in [2.75, 3.05) is 4.90 Å². The maximum Gasteiger partial charge on any atom is 0.137 e. The molecule has 0 spiro atoms. The van der Waals surface area contributed by atoms with Gasteiger partial charge in [-0.1, -0.05) is 133 Å². The van der Waals surface area contributed by atoms with Crippen molar-refractivity contribution in [1.82, 2.24) is 9.13 Å². The fourth-order valence-electron chi connectivity index (χ4n) is 9.90. The van der Waals surface area contributed by atoms with E-state index in [0.29, 0.717) is 0 Å². The van der Waals surface area contributed by atoms with Crippen molar-refractivity contribution in [3.8, 4) is 22.5 Å². The van der Waals surface area contributed by atoms with E-state index >= 15 is 0 Å². The van der Waals surface area contributed by atoms with E-state index in [-0.39, 0.29) is 0 Å². The molecule has 0 saturated carbocycles. The SMILES string of the molecule is c1ccc(-n2c3ccccc3c3ccc(N(c4ccc(-c5cccc6ccccc56)cc4)c4ccc5c(c4)oc4ccc(-n6c7ccccc7c7ccccc76)cc45)cc32)cc1. The number of fused-ring (bicyclic) bond motifs is 10. The molecule has 13 aromatic rings. The molecule has 4 heteroatoms. The van der Waals surface area contributed by atoms with Crippen LogP contribution in [-0.4, -0.2) is 9.13 Å². The quantitative estimate of drug-likeness (QED) is 0.168. The Balaban J connectivity index is 0.990. The number of rotatable bonds is 6. The van der Waals surface area contributed by atoms with E-state index in [0.717, 1.165) is 55.9 Å². The van der Waals surface area contributed by atoms with Gasteiger partial charge in [0, 0.05) is 66.8 Å². The number of nitrogens with zero attached hydrogens (tertiary/aromatic N) is 3. The van der Waals surface area contributed by atoms with Crippen LogP contribution in [0.1, 0.15) is 0 Å². The normalized spacial score (nSPS) is 11.9. The Bertz CT molecular complexity index is 3810. The highest BCUT2D eigenvalue weighted by atomic mass is 16.3. The largest absolute Gasteiger partial charge is 0.456 e. The van der Waals surface area contributed by atoms with E-state index in [2.05, 4.69) is 238 Å². The van der Waals surface area contributed by atoms with Crippen LogP contribution in [0.3, 0.4) is 0 Å². The molecule has 0 aliphatic heterocycles. The van der Waals surface area contributed by atoms with Crippen LogP contribution < -0.4 is 4.90 Å². The number of para-hydroxylation sites is 4. The lowest BCUT2D eigenvalue weighted by atomic mass is 9.98. The average Bonchev–Trinajstić information content (AvgIpc) is 3.99. The highest BCUT2D eigenvalue weighted by Gasteiger charge is 2.20. The van der Waals surface area contributed by atoms with E-state index in [1.54, 1.807) is 0 Å². The second kappa shape index (κ2) is 13.6. The zero-order valence-corrected chi connectivity index (χ0v) is 33.6. The lowest BCUT2D eigenvalue weighted by Crippen LogP contribution is -2.10. The molecule has 13 rings (SSSR count). The summed E-state index contributed by atoms with van der Waals surface area (Å²) in [6.07, 6.45) is 0. The van der Waals surface area contributed by atoms with Gasteiger partial charge in [-0.05, 0) is 107 Å². The third kappa shape index (κ3) is 5.27. The van der Waals surface area contributed by atoms with E-state index in [1.165, 1.54) is 60.0 Å². The minimum Gasteiger partial charge on any atom is -0.456 e. The van der Waals surface area contributed by atoms with Gasteiger partial charge in [0.1, 0.15) is 11.2 Å². The van der Waals surface area contributed by atoms with Gasteiger partial charge in [0.2, 0.25) is 0 Å². The molecular formula is C58H37N3O. The highest BCUT2D eigenvalue weighted by molar-refractivity contribution is 6.12. The van der Waals surface area contributed by atoms with Crippen LogP contribution in [0, 0.1) is 0 Å². The number of anilines is 3. The third-order valence-electron chi connectivity index (χ3n) is 12.7. The third-order valence-corrected chi connectivity index (χ3v) is 12.7. The molecule has 10 aromatic carbocycles. The minimum atomic E-state index is 0.841. The second-order valence-corrected chi connectivity index (χ2v) is 16.1. The summed E-state index contributed by atoms with van der Waals surface area (Å²) in [5.74, 6) is 0. The maximum absolute atomic E-state index is 6.73. The van der Waals surface area contributed by atoms with Gasteiger partial charge in [-0.25, -0.2) is 0 Å². The van der Waals surface area contributed by atoms with Crippen molar-refractivity contribution in [3.63, 3.8) is 0 Å². The molecule has 0 aliphatic carbocycles. The lowest BCUT2D eigenvalue weighted by Gasteiger charge is -2.26. The summed E-state index contributed by atoms with van der Waals surface area (Å²) in [6.45, 7) is 0. The minimum absolute atomic E-state index is 0.841. The van der Waals surface area contributed by atoms with Crippen molar-refractivity contribution in [3.05, 3.63) is 224 Å². The standard InChI is InChI=1S/C58H37N3O/c1-2-15-40(16-3-1)60-53-22-9-8-20-49(53)50-32-29-43(36-56(50)60)59(41-27-25-39(26-28-41)46-21-12-14-38-13-4-5-17-45(38)46)44-30-33-51-52-35-42(31-34-57(52)62-58(51)37-44)61-54-23-10-6-18-47(54)48-19-7-11-24-55(48)61/h1-37H. The molecular weight excluding hydrogens is 755 g/mol. The van der Waals surface area contributed by atoms with Crippen molar-refractivity contribution in [2.45, 2.75) is 0 Å². The molecule has 0 unspecified atom stereocenters. The number of benzene rings is 10.